The number of nitrogens with zero attached hydrogens (tertiary/aromatic N) is 1. The topological polar surface area (TPSA) is 96.3 Å². The number of halogens is 1. The molecule has 1 heterocycles. The molecule has 1 amide bonds. The number of amides is 1. The van der Waals surface area contributed by atoms with Gasteiger partial charge in [-0.15, -0.1) is 0 Å². The summed E-state index contributed by atoms with van der Waals surface area (Å²) < 4.78 is 12.2. The molecule has 0 aliphatic carbocycles. The zero-order valence-electron chi connectivity index (χ0n) is 19.3. The molecule has 4 rings (SSSR count). The van der Waals surface area contributed by atoms with Crippen molar-refractivity contribution in [1.29, 1.82) is 0 Å². The number of aliphatic hydroxyl groups excluding tert-OH is 1. The standard InChI is InChI=1S/C26H26ClNO6/c1-13(2)33-23-16-7-5-6-8-17(16)24(34-14(3)4)22-21(23)25(31)28(26(22)32)19-10-9-15(11-18(19)27)12-20(29)30/h5-11,13-14,25,31H,12H2,1-4H3,(H,29,30). The monoisotopic (exact) mass is 483 g/mol. The van der Waals surface area contributed by atoms with Crippen LogP contribution in [0.2, 0.25) is 5.02 Å². The Morgan fingerprint density at radius 1 is 1.03 bits per heavy atom. The van der Waals surface area contributed by atoms with Crippen LogP contribution in [0.25, 0.3) is 10.8 Å². The van der Waals surface area contributed by atoms with Crippen LogP contribution >= 0.6 is 11.6 Å². The normalized spacial score (nSPS) is 15.4. The molecule has 0 saturated carbocycles. The molecular formula is C26H26ClNO6. The number of fused-ring (bicyclic) bond motifs is 2. The van der Waals surface area contributed by atoms with Gasteiger partial charge in [0.25, 0.3) is 5.91 Å². The van der Waals surface area contributed by atoms with E-state index in [2.05, 4.69) is 0 Å². The number of aliphatic hydroxyl groups is 1. The van der Waals surface area contributed by atoms with E-state index in [4.69, 9.17) is 26.2 Å². The number of hydrogen-bond acceptors (Lipinski definition) is 5. The summed E-state index contributed by atoms with van der Waals surface area (Å²) in [6, 6.07) is 12.0. The maximum Gasteiger partial charge on any atom is 0.307 e. The number of carboxylic acid groups (broad SMARTS) is 1. The summed E-state index contributed by atoms with van der Waals surface area (Å²) >= 11 is 6.46. The van der Waals surface area contributed by atoms with E-state index in [-0.39, 0.29) is 34.9 Å². The molecule has 0 radical (unpaired) electrons. The Bertz CT molecular complexity index is 1290. The molecule has 0 saturated heterocycles. The molecule has 1 aliphatic rings. The Kier molecular flexibility index (Phi) is 6.43. The molecule has 0 spiro atoms. The Balaban J connectivity index is 1.95. The fourth-order valence-corrected chi connectivity index (χ4v) is 4.50. The minimum atomic E-state index is -1.38. The van der Waals surface area contributed by atoms with Crippen molar-refractivity contribution in [2.45, 2.75) is 52.6 Å². The summed E-state index contributed by atoms with van der Waals surface area (Å²) in [5, 5.41) is 22.1. The van der Waals surface area contributed by atoms with E-state index in [1.165, 1.54) is 11.0 Å². The average molecular weight is 484 g/mol. The van der Waals surface area contributed by atoms with Gasteiger partial charge in [-0.25, -0.2) is 0 Å². The van der Waals surface area contributed by atoms with E-state index in [0.29, 0.717) is 28.0 Å². The van der Waals surface area contributed by atoms with E-state index in [9.17, 15) is 14.7 Å². The fraction of sp³-hybridized carbons (Fsp3) is 0.308. The highest BCUT2D eigenvalue weighted by Gasteiger charge is 2.44. The van der Waals surface area contributed by atoms with Crippen LogP contribution in [-0.2, 0) is 11.2 Å². The summed E-state index contributed by atoms with van der Waals surface area (Å²) in [7, 11) is 0. The van der Waals surface area contributed by atoms with Crippen LogP contribution in [0.15, 0.2) is 42.5 Å². The summed E-state index contributed by atoms with van der Waals surface area (Å²) in [5.41, 5.74) is 1.29. The number of ether oxygens (including phenoxy) is 2. The van der Waals surface area contributed by atoms with Gasteiger partial charge in [0, 0.05) is 10.8 Å². The first-order chi connectivity index (χ1) is 16.1. The van der Waals surface area contributed by atoms with Gasteiger partial charge in [-0.05, 0) is 45.4 Å². The lowest BCUT2D eigenvalue weighted by Crippen LogP contribution is -2.28. The zero-order valence-corrected chi connectivity index (χ0v) is 20.1. The summed E-state index contributed by atoms with van der Waals surface area (Å²) in [5.74, 6) is -0.683. The van der Waals surface area contributed by atoms with Crippen LogP contribution in [0.5, 0.6) is 11.5 Å². The second-order valence-corrected chi connectivity index (χ2v) is 9.14. The summed E-state index contributed by atoms with van der Waals surface area (Å²) in [6.07, 6.45) is -2.01. The first-order valence-corrected chi connectivity index (χ1v) is 11.4. The highest BCUT2D eigenvalue weighted by Crippen LogP contribution is 2.51. The third-order valence-corrected chi connectivity index (χ3v) is 5.73. The highest BCUT2D eigenvalue weighted by molar-refractivity contribution is 6.34. The van der Waals surface area contributed by atoms with Crippen molar-refractivity contribution in [2.75, 3.05) is 4.90 Å². The minimum Gasteiger partial charge on any atom is -0.490 e. The van der Waals surface area contributed by atoms with Gasteiger partial charge < -0.3 is 19.7 Å². The van der Waals surface area contributed by atoms with Crippen LogP contribution in [0.3, 0.4) is 0 Å². The second-order valence-electron chi connectivity index (χ2n) is 8.73. The Labute approximate surface area is 202 Å². The van der Waals surface area contributed by atoms with Gasteiger partial charge in [0.1, 0.15) is 11.5 Å². The number of carbonyl (C=O) groups is 2. The molecule has 8 heteroatoms. The molecule has 0 aromatic heterocycles. The van der Waals surface area contributed by atoms with E-state index >= 15 is 0 Å². The first kappa shape index (κ1) is 23.9. The van der Waals surface area contributed by atoms with Crippen molar-refractivity contribution in [3.63, 3.8) is 0 Å². The zero-order chi connectivity index (χ0) is 24.7. The summed E-state index contributed by atoms with van der Waals surface area (Å²) in [6.45, 7) is 7.48. The molecule has 2 N–H and O–H groups in total. The smallest absolute Gasteiger partial charge is 0.307 e. The molecule has 178 valence electrons. The maximum absolute atomic E-state index is 13.8. The van der Waals surface area contributed by atoms with Crippen LogP contribution in [0, 0.1) is 0 Å². The van der Waals surface area contributed by atoms with Crippen molar-refractivity contribution < 1.29 is 29.3 Å². The van der Waals surface area contributed by atoms with Crippen molar-refractivity contribution >= 4 is 39.9 Å². The number of rotatable bonds is 7. The maximum atomic E-state index is 13.8. The minimum absolute atomic E-state index is 0.154. The number of carbonyl (C=O) groups excluding carboxylic acids is 1. The van der Waals surface area contributed by atoms with Gasteiger partial charge in [-0.3, -0.25) is 14.5 Å². The van der Waals surface area contributed by atoms with Gasteiger partial charge in [0.15, 0.2) is 6.23 Å². The van der Waals surface area contributed by atoms with Crippen LogP contribution < -0.4 is 14.4 Å². The Hall–Kier alpha value is -3.29. The Morgan fingerprint density at radius 3 is 2.18 bits per heavy atom. The molecule has 3 aromatic carbocycles. The number of carboxylic acids is 1. The first-order valence-electron chi connectivity index (χ1n) is 11.0. The van der Waals surface area contributed by atoms with Gasteiger partial charge in [-0.1, -0.05) is 41.9 Å². The molecular weight excluding hydrogens is 458 g/mol. The molecule has 1 atom stereocenters. The van der Waals surface area contributed by atoms with Gasteiger partial charge >= 0.3 is 5.97 Å². The molecule has 3 aromatic rings. The largest absolute Gasteiger partial charge is 0.490 e. The summed E-state index contributed by atoms with van der Waals surface area (Å²) in [4.78, 5) is 26.0. The number of hydrogen-bond donors (Lipinski definition) is 2. The number of benzene rings is 3. The number of aliphatic carboxylic acids is 1. The molecule has 7 nitrogen and oxygen atoms in total. The lowest BCUT2D eigenvalue weighted by atomic mass is 9.98. The van der Waals surface area contributed by atoms with Crippen molar-refractivity contribution in [3.05, 3.63) is 64.2 Å². The predicted molar refractivity (Wildman–Crippen MR) is 130 cm³/mol. The Morgan fingerprint density at radius 2 is 1.62 bits per heavy atom. The van der Waals surface area contributed by atoms with Crippen molar-refractivity contribution in [1.82, 2.24) is 0 Å². The van der Waals surface area contributed by atoms with E-state index in [1.54, 1.807) is 12.1 Å². The van der Waals surface area contributed by atoms with Gasteiger partial charge in [-0.2, -0.15) is 0 Å². The van der Waals surface area contributed by atoms with Gasteiger partial charge in [0.05, 0.1) is 40.5 Å². The average Bonchev–Trinajstić information content (AvgIpc) is 3.00. The molecule has 1 unspecified atom stereocenters. The van der Waals surface area contributed by atoms with E-state index < -0.39 is 18.1 Å². The van der Waals surface area contributed by atoms with Crippen LogP contribution in [0.4, 0.5) is 5.69 Å². The lowest BCUT2D eigenvalue weighted by molar-refractivity contribution is -0.136. The van der Waals surface area contributed by atoms with Crippen LogP contribution in [0.1, 0.15) is 55.4 Å². The highest BCUT2D eigenvalue weighted by atomic mass is 35.5. The predicted octanol–water partition coefficient (Wildman–Crippen LogP) is 5.35. The van der Waals surface area contributed by atoms with Crippen molar-refractivity contribution in [2.24, 2.45) is 0 Å². The molecule has 0 fully saturated rings. The van der Waals surface area contributed by atoms with Gasteiger partial charge in [0.2, 0.25) is 0 Å². The fourth-order valence-electron chi connectivity index (χ4n) is 4.21. The van der Waals surface area contributed by atoms with Crippen molar-refractivity contribution in [3.8, 4) is 11.5 Å². The second kappa shape index (κ2) is 9.16. The molecule has 0 bridgehead atoms. The number of anilines is 1. The third-order valence-electron chi connectivity index (χ3n) is 5.43. The lowest BCUT2D eigenvalue weighted by Gasteiger charge is -2.24. The molecule has 34 heavy (non-hydrogen) atoms. The van der Waals surface area contributed by atoms with E-state index in [1.807, 2.05) is 52.0 Å². The molecule has 1 aliphatic heterocycles. The SMILES string of the molecule is CC(C)Oc1c2c(c(OC(C)C)c3ccccc13)C(O)N(c1ccc(CC(=O)O)cc1Cl)C2=O. The third kappa shape index (κ3) is 4.17. The van der Waals surface area contributed by atoms with Crippen LogP contribution in [-0.4, -0.2) is 34.3 Å². The quantitative estimate of drug-likeness (QED) is 0.470. The van der Waals surface area contributed by atoms with E-state index in [0.717, 1.165) is 5.39 Å².